The second kappa shape index (κ2) is 4.35. The van der Waals surface area contributed by atoms with E-state index in [9.17, 15) is 0 Å². The van der Waals surface area contributed by atoms with E-state index in [1.165, 1.54) is 25.7 Å². The third kappa shape index (κ3) is 2.40. The highest BCUT2D eigenvalue weighted by Crippen LogP contribution is 2.31. The lowest BCUT2D eigenvalue weighted by molar-refractivity contribution is 0.274. The summed E-state index contributed by atoms with van der Waals surface area (Å²) in [5.74, 6) is 0.893. The molecule has 1 heterocycles. The van der Waals surface area contributed by atoms with Gasteiger partial charge in [-0.15, -0.1) is 0 Å². The van der Waals surface area contributed by atoms with Crippen LogP contribution in [0.5, 0.6) is 0 Å². The molecular formula is C12H21N3. The maximum Gasteiger partial charge on any atom is 0.0537 e. The van der Waals surface area contributed by atoms with Crippen molar-refractivity contribution in [3.8, 4) is 0 Å². The van der Waals surface area contributed by atoms with Gasteiger partial charge in [0.05, 0.1) is 12.2 Å². The van der Waals surface area contributed by atoms with Gasteiger partial charge in [-0.1, -0.05) is 6.92 Å². The maximum atomic E-state index is 5.83. The molecule has 2 rings (SSSR count). The zero-order chi connectivity index (χ0) is 10.8. The normalized spacial score (nSPS) is 29.0. The molecule has 1 aliphatic rings. The zero-order valence-electron chi connectivity index (χ0n) is 9.69. The van der Waals surface area contributed by atoms with E-state index in [0.717, 1.165) is 11.5 Å². The van der Waals surface area contributed by atoms with E-state index in [1.807, 2.05) is 13.1 Å². The highest BCUT2D eigenvalue weighted by Gasteiger charge is 2.20. The van der Waals surface area contributed by atoms with Crippen molar-refractivity contribution < 1.29 is 0 Å². The molecule has 3 nitrogen and oxygen atoms in total. The predicted octanol–water partition coefficient (Wildman–Crippen LogP) is 2.65. The number of nitrogens with two attached hydrogens (primary N) is 1. The smallest absolute Gasteiger partial charge is 0.0537 e. The Labute approximate surface area is 91.7 Å². The molecule has 0 amide bonds. The molecule has 3 heteroatoms. The Morgan fingerprint density at radius 1 is 1.40 bits per heavy atom. The van der Waals surface area contributed by atoms with Crippen LogP contribution in [0, 0.1) is 5.92 Å². The summed E-state index contributed by atoms with van der Waals surface area (Å²) in [5, 5.41) is 4.42. The molecular weight excluding hydrogens is 186 g/mol. The van der Waals surface area contributed by atoms with Gasteiger partial charge in [0.15, 0.2) is 0 Å². The lowest BCUT2D eigenvalue weighted by Crippen LogP contribution is -2.17. The van der Waals surface area contributed by atoms with Crippen LogP contribution in [0.2, 0.25) is 0 Å². The summed E-state index contributed by atoms with van der Waals surface area (Å²) in [4.78, 5) is 0. The lowest BCUT2D eigenvalue weighted by atomic mass is 9.87. The lowest BCUT2D eigenvalue weighted by Gasteiger charge is -2.26. The fraction of sp³-hybridized carbons (Fsp3) is 0.750. The zero-order valence-corrected chi connectivity index (χ0v) is 9.69. The van der Waals surface area contributed by atoms with Crippen molar-refractivity contribution in [2.75, 3.05) is 0 Å². The highest BCUT2D eigenvalue weighted by molar-refractivity contribution is 5.08. The third-order valence-corrected chi connectivity index (χ3v) is 3.51. The van der Waals surface area contributed by atoms with E-state index in [1.54, 1.807) is 0 Å². The quantitative estimate of drug-likeness (QED) is 0.810. The van der Waals surface area contributed by atoms with Crippen molar-refractivity contribution in [2.24, 2.45) is 11.7 Å². The average molecular weight is 207 g/mol. The molecule has 1 atom stereocenters. The Kier molecular flexibility index (Phi) is 3.10. The topological polar surface area (TPSA) is 43.8 Å². The van der Waals surface area contributed by atoms with Crippen LogP contribution in [0.15, 0.2) is 12.4 Å². The minimum absolute atomic E-state index is 0.0984. The minimum Gasteiger partial charge on any atom is -0.324 e. The van der Waals surface area contributed by atoms with E-state index in [-0.39, 0.29) is 6.04 Å². The third-order valence-electron chi connectivity index (χ3n) is 3.51. The van der Waals surface area contributed by atoms with E-state index < -0.39 is 0 Å². The van der Waals surface area contributed by atoms with Crippen LogP contribution in [0.25, 0.3) is 0 Å². The molecule has 2 N–H and O–H groups in total. The van der Waals surface area contributed by atoms with Gasteiger partial charge in [-0.3, -0.25) is 4.68 Å². The summed E-state index contributed by atoms with van der Waals surface area (Å²) >= 11 is 0. The second-order valence-corrected chi connectivity index (χ2v) is 4.96. The summed E-state index contributed by atoms with van der Waals surface area (Å²) in [7, 11) is 0. The van der Waals surface area contributed by atoms with Crippen LogP contribution in [0.4, 0.5) is 0 Å². The van der Waals surface area contributed by atoms with Crippen molar-refractivity contribution in [1.82, 2.24) is 9.78 Å². The molecule has 1 aromatic rings. The Balaban J connectivity index is 2.03. The van der Waals surface area contributed by atoms with E-state index in [4.69, 9.17) is 5.73 Å². The van der Waals surface area contributed by atoms with Gasteiger partial charge in [-0.25, -0.2) is 0 Å². The first kappa shape index (κ1) is 10.7. The highest BCUT2D eigenvalue weighted by atomic mass is 15.3. The van der Waals surface area contributed by atoms with Crippen LogP contribution < -0.4 is 5.73 Å². The van der Waals surface area contributed by atoms with Crippen molar-refractivity contribution in [2.45, 2.75) is 51.6 Å². The fourth-order valence-corrected chi connectivity index (χ4v) is 2.29. The summed E-state index contributed by atoms with van der Waals surface area (Å²) in [6, 6.07) is 0.704. The van der Waals surface area contributed by atoms with E-state index in [2.05, 4.69) is 22.9 Å². The van der Waals surface area contributed by atoms with Gasteiger partial charge in [-0.2, -0.15) is 5.10 Å². The number of hydrogen-bond donors (Lipinski definition) is 1. The van der Waals surface area contributed by atoms with E-state index in [0.29, 0.717) is 6.04 Å². The monoisotopic (exact) mass is 207 g/mol. The largest absolute Gasteiger partial charge is 0.324 e. The van der Waals surface area contributed by atoms with Gasteiger partial charge in [0.2, 0.25) is 0 Å². The van der Waals surface area contributed by atoms with Crippen LogP contribution in [0.1, 0.15) is 57.2 Å². The number of rotatable bonds is 2. The molecule has 84 valence electrons. The Morgan fingerprint density at radius 2 is 2.07 bits per heavy atom. The van der Waals surface area contributed by atoms with Crippen molar-refractivity contribution >= 4 is 0 Å². The fourth-order valence-electron chi connectivity index (χ4n) is 2.29. The molecule has 1 aliphatic carbocycles. The summed E-state index contributed by atoms with van der Waals surface area (Å²) in [6.07, 6.45) is 9.21. The number of nitrogens with zero attached hydrogens (tertiary/aromatic N) is 2. The molecule has 0 bridgehead atoms. The first-order valence-corrected chi connectivity index (χ1v) is 5.96. The summed E-state index contributed by atoms with van der Waals surface area (Å²) in [6.45, 7) is 4.34. The predicted molar refractivity (Wildman–Crippen MR) is 61.5 cm³/mol. The molecule has 15 heavy (non-hydrogen) atoms. The van der Waals surface area contributed by atoms with Gasteiger partial charge >= 0.3 is 0 Å². The molecule has 0 spiro atoms. The Morgan fingerprint density at radius 3 is 2.60 bits per heavy atom. The molecule has 1 fully saturated rings. The number of hydrogen-bond acceptors (Lipinski definition) is 2. The summed E-state index contributed by atoms with van der Waals surface area (Å²) < 4.78 is 2.12. The molecule has 1 saturated carbocycles. The molecule has 0 aromatic carbocycles. The minimum atomic E-state index is 0.0984. The first-order valence-electron chi connectivity index (χ1n) is 5.96. The van der Waals surface area contributed by atoms with Gasteiger partial charge in [0.25, 0.3) is 0 Å². The van der Waals surface area contributed by atoms with Crippen molar-refractivity contribution in [1.29, 1.82) is 0 Å². The standard InChI is InChI=1S/C12H21N3/c1-9-3-5-12(6-4-9)15-8-11(7-14-15)10(2)13/h7-10,12H,3-6,13H2,1-2H3. The van der Waals surface area contributed by atoms with Crippen LogP contribution in [-0.2, 0) is 0 Å². The molecule has 1 aromatic heterocycles. The van der Waals surface area contributed by atoms with Gasteiger partial charge in [0.1, 0.15) is 0 Å². The first-order chi connectivity index (χ1) is 7.16. The Bertz CT molecular complexity index is 308. The van der Waals surface area contributed by atoms with Gasteiger partial charge in [0, 0.05) is 17.8 Å². The van der Waals surface area contributed by atoms with Crippen LogP contribution in [-0.4, -0.2) is 9.78 Å². The average Bonchev–Trinajstić information content (AvgIpc) is 2.68. The molecule has 1 unspecified atom stereocenters. The molecule has 0 radical (unpaired) electrons. The van der Waals surface area contributed by atoms with Gasteiger partial charge < -0.3 is 5.73 Å². The SMILES string of the molecule is CC1CCC(n2cc(C(C)N)cn2)CC1. The molecule has 0 aliphatic heterocycles. The van der Waals surface area contributed by atoms with Crippen LogP contribution in [0.3, 0.4) is 0 Å². The van der Waals surface area contributed by atoms with Gasteiger partial charge in [-0.05, 0) is 38.5 Å². The summed E-state index contributed by atoms with van der Waals surface area (Å²) in [5.41, 5.74) is 6.97. The Hall–Kier alpha value is -0.830. The maximum absolute atomic E-state index is 5.83. The van der Waals surface area contributed by atoms with E-state index >= 15 is 0 Å². The number of aromatic nitrogens is 2. The molecule has 0 saturated heterocycles. The van der Waals surface area contributed by atoms with Crippen LogP contribution >= 0.6 is 0 Å². The van der Waals surface area contributed by atoms with Crippen molar-refractivity contribution in [3.63, 3.8) is 0 Å². The second-order valence-electron chi connectivity index (χ2n) is 4.96. The van der Waals surface area contributed by atoms with Crippen molar-refractivity contribution in [3.05, 3.63) is 18.0 Å².